The third-order valence-corrected chi connectivity index (χ3v) is 5.76. The van der Waals surface area contributed by atoms with Crippen LogP contribution in [0.2, 0.25) is 0 Å². The van der Waals surface area contributed by atoms with Crippen molar-refractivity contribution < 1.29 is 9.59 Å². The highest BCUT2D eigenvalue weighted by Gasteiger charge is 2.35. The number of imidazole rings is 1. The topological polar surface area (TPSA) is 57.9 Å². The highest BCUT2D eigenvalue weighted by molar-refractivity contribution is 6.08. The Labute approximate surface area is 163 Å². The first-order chi connectivity index (χ1) is 13.6. The van der Waals surface area contributed by atoms with Crippen LogP contribution in [0.15, 0.2) is 48.7 Å². The van der Waals surface area contributed by atoms with Gasteiger partial charge in [-0.25, -0.2) is 4.98 Å². The van der Waals surface area contributed by atoms with Crippen molar-refractivity contribution in [1.29, 1.82) is 0 Å². The molecule has 3 aromatic rings. The molecule has 1 saturated heterocycles. The molecule has 142 valence electrons. The van der Waals surface area contributed by atoms with Crippen LogP contribution in [0.3, 0.4) is 0 Å². The summed E-state index contributed by atoms with van der Waals surface area (Å²) >= 11 is 0. The molecule has 0 saturated carbocycles. The van der Waals surface area contributed by atoms with Gasteiger partial charge in [0.2, 0.25) is 5.82 Å². The minimum absolute atomic E-state index is 0.0543. The number of aromatic nitrogens is 2. The molecule has 2 aliphatic rings. The van der Waals surface area contributed by atoms with Gasteiger partial charge >= 0.3 is 0 Å². The number of benzene rings is 1. The predicted octanol–water partition coefficient (Wildman–Crippen LogP) is 3.16. The van der Waals surface area contributed by atoms with E-state index < -0.39 is 0 Å². The fourth-order valence-corrected chi connectivity index (χ4v) is 4.40. The number of carbonyl (C=O) groups is 2. The Morgan fingerprint density at radius 1 is 1.00 bits per heavy atom. The van der Waals surface area contributed by atoms with E-state index in [2.05, 4.69) is 11.1 Å². The monoisotopic (exact) mass is 374 g/mol. The van der Waals surface area contributed by atoms with Crippen LogP contribution in [0.4, 0.5) is 5.69 Å². The van der Waals surface area contributed by atoms with E-state index in [9.17, 15) is 9.59 Å². The Kier molecular flexibility index (Phi) is 3.93. The van der Waals surface area contributed by atoms with Crippen molar-refractivity contribution >= 4 is 23.0 Å². The molecule has 1 unspecified atom stereocenters. The minimum Gasteiger partial charge on any atom is -0.337 e. The van der Waals surface area contributed by atoms with Crippen LogP contribution >= 0.6 is 0 Å². The molecule has 1 aromatic carbocycles. The molecule has 6 nitrogen and oxygen atoms in total. The molecule has 2 amide bonds. The van der Waals surface area contributed by atoms with E-state index in [0.717, 1.165) is 43.6 Å². The van der Waals surface area contributed by atoms with Gasteiger partial charge in [0.25, 0.3) is 11.8 Å². The number of likely N-dealkylation sites (tertiary alicyclic amines) is 1. The van der Waals surface area contributed by atoms with Crippen LogP contribution in [0, 0.1) is 0 Å². The van der Waals surface area contributed by atoms with Gasteiger partial charge in [0, 0.05) is 31.0 Å². The lowest BCUT2D eigenvalue weighted by atomic mass is 10.1. The van der Waals surface area contributed by atoms with Crippen molar-refractivity contribution in [3.63, 3.8) is 0 Å². The van der Waals surface area contributed by atoms with Crippen LogP contribution in [0.25, 0.3) is 5.52 Å². The van der Waals surface area contributed by atoms with E-state index >= 15 is 0 Å². The number of para-hydroxylation sites is 1. The molecule has 5 rings (SSSR count). The van der Waals surface area contributed by atoms with Crippen molar-refractivity contribution in [1.82, 2.24) is 14.3 Å². The molecular weight excluding hydrogens is 352 g/mol. The fourth-order valence-electron chi connectivity index (χ4n) is 4.40. The number of hydrogen-bond donors (Lipinski definition) is 0. The molecule has 1 atom stereocenters. The largest absolute Gasteiger partial charge is 0.337 e. The highest BCUT2D eigenvalue weighted by atomic mass is 16.2. The average Bonchev–Trinajstić information content (AvgIpc) is 3.43. The maximum Gasteiger partial charge on any atom is 0.294 e. The van der Waals surface area contributed by atoms with Gasteiger partial charge in [0.1, 0.15) is 0 Å². The summed E-state index contributed by atoms with van der Waals surface area (Å²) in [5.74, 6) is 0.0379. The van der Waals surface area contributed by atoms with Crippen LogP contribution in [0.5, 0.6) is 0 Å². The zero-order chi connectivity index (χ0) is 19.3. The number of amides is 2. The predicted molar refractivity (Wildman–Crippen MR) is 107 cm³/mol. The van der Waals surface area contributed by atoms with Gasteiger partial charge in [-0.1, -0.05) is 24.3 Å². The van der Waals surface area contributed by atoms with E-state index in [4.69, 9.17) is 0 Å². The lowest BCUT2D eigenvalue weighted by molar-refractivity contribution is 0.0789. The molecular formula is C22H22N4O2. The van der Waals surface area contributed by atoms with Gasteiger partial charge in [0.05, 0.1) is 5.52 Å². The summed E-state index contributed by atoms with van der Waals surface area (Å²) in [7, 11) is 0. The molecule has 0 radical (unpaired) electrons. The molecule has 28 heavy (non-hydrogen) atoms. The van der Waals surface area contributed by atoms with Gasteiger partial charge < -0.3 is 9.80 Å². The van der Waals surface area contributed by atoms with Gasteiger partial charge in [-0.3, -0.25) is 14.0 Å². The number of pyridine rings is 1. The maximum absolute atomic E-state index is 13.5. The second-order valence-electron chi connectivity index (χ2n) is 7.60. The second-order valence-corrected chi connectivity index (χ2v) is 7.60. The first-order valence-electron chi connectivity index (χ1n) is 9.83. The smallest absolute Gasteiger partial charge is 0.294 e. The number of rotatable bonds is 2. The Morgan fingerprint density at radius 2 is 1.75 bits per heavy atom. The molecule has 0 N–H and O–H groups in total. The van der Waals surface area contributed by atoms with Crippen molar-refractivity contribution in [3.8, 4) is 0 Å². The summed E-state index contributed by atoms with van der Waals surface area (Å²) in [4.78, 5) is 34.7. The molecule has 1 fully saturated rings. The van der Waals surface area contributed by atoms with Gasteiger partial charge in [-0.05, 0) is 49.9 Å². The van der Waals surface area contributed by atoms with Gasteiger partial charge in [-0.2, -0.15) is 0 Å². The van der Waals surface area contributed by atoms with Gasteiger partial charge in [0.15, 0.2) is 5.69 Å². The van der Waals surface area contributed by atoms with Crippen LogP contribution in [0.1, 0.15) is 46.4 Å². The van der Waals surface area contributed by atoms with Crippen molar-refractivity contribution in [2.24, 2.45) is 0 Å². The van der Waals surface area contributed by atoms with Crippen LogP contribution in [-0.2, 0) is 6.42 Å². The summed E-state index contributed by atoms with van der Waals surface area (Å²) < 4.78 is 1.75. The second kappa shape index (κ2) is 6.48. The number of carbonyl (C=O) groups excluding carboxylic acids is 2. The quantitative estimate of drug-likeness (QED) is 0.692. The number of nitrogens with zero attached hydrogens (tertiary/aromatic N) is 4. The Morgan fingerprint density at radius 3 is 2.57 bits per heavy atom. The van der Waals surface area contributed by atoms with E-state index in [-0.39, 0.29) is 17.9 Å². The van der Waals surface area contributed by atoms with E-state index in [1.807, 2.05) is 54.4 Å². The van der Waals surface area contributed by atoms with E-state index in [1.165, 1.54) is 0 Å². The summed E-state index contributed by atoms with van der Waals surface area (Å²) in [6.45, 7) is 3.55. The molecule has 0 spiro atoms. The Hall–Kier alpha value is -3.15. The average molecular weight is 374 g/mol. The van der Waals surface area contributed by atoms with Crippen molar-refractivity contribution in [2.75, 3.05) is 18.0 Å². The van der Waals surface area contributed by atoms with Gasteiger partial charge in [-0.15, -0.1) is 0 Å². The van der Waals surface area contributed by atoms with Crippen LogP contribution < -0.4 is 4.90 Å². The fraction of sp³-hybridized carbons (Fsp3) is 0.318. The Bertz CT molecular complexity index is 1080. The number of anilines is 1. The summed E-state index contributed by atoms with van der Waals surface area (Å²) in [6.07, 6.45) is 4.67. The molecule has 6 heteroatoms. The first-order valence-corrected chi connectivity index (χ1v) is 9.83. The van der Waals surface area contributed by atoms with E-state index in [0.29, 0.717) is 17.0 Å². The molecule has 4 heterocycles. The maximum atomic E-state index is 13.5. The molecule has 0 aliphatic carbocycles. The number of hydrogen-bond acceptors (Lipinski definition) is 3. The highest BCUT2D eigenvalue weighted by Crippen LogP contribution is 2.33. The molecule has 0 bridgehead atoms. The number of fused-ring (bicyclic) bond motifs is 2. The lowest BCUT2D eigenvalue weighted by Crippen LogP contribution is -2.37. The van der Waals surface area contributed by atoms with Crippen molar-refractivity contribution in [2.45, 2.75) is 32.2 Å². The zero-order valence-corrected chi connectivity index (χ0v) is 15.8. The molecule has 2 aliphatic heterocycles. The van der Waals surface area contributed by atoms with E-state index in [1.54, 1.807) is 9.30 Å². The summed E-state index contributed by atoms with van der Waals surface area (Å²) in [5.41, 5.74) is 3.14. The minimum atomic E-state index is -0.167. The van der Waals surface area contributed by atoms with Crippen molar-refractivity contribution in [3.05, 3.63) is 65.7 Å². The SMILES string of the molecule is CC1Cc2ccccc2N1C(=O)c1nc(C(=O)N2CCCC2)c2ccccn12. The zero-order valence-electron chi connectivity index (χ0n) is 15.8. The third kappa shape index (κ3) is 2.52. The van der Waals surface area contributed by atoms with Crippen LogP contribution in [-0.4, -0.2) is 45.2 Å². The Balaban J connectivity index is 1.60. The third-order valence-electron chi connectivity index (χ3n) is 5.76. The first kappa shape index (κ1) is 17.0. The normalized spacial score (nSPS) is 18.7. The standard InChI is InChI=1S/C22H22N4O2/c1-15-14-16-8-2-3-9-17(16)26(15)22(28)20-23-19(18-10-4-5-13-25(18)20)21(27)24-11-6-7-12-24/h2-5,8-10,13,15H,6-7,11-12,14H2,1H3. The summed E-state index contributed by atoms with van der Waals surface area (Å²) in [5, 5.41) is 0. The lowest BCUT2D eigenvalue weighted by Gasteiger charge is -2.21. The molecule has 2 aromatic heterocycles. The summed E-state index contributed by atoms with van der Waals surface area (Å²) in [6, 6.07) is 13.6.